The average Bonchev–Trinajstić information content (AvgIpc) is 2.15. The minimum atomic E-state index is -0.652. The lowest BCUT2D eigenvalue weighted by molar-refractivity contribution is 0.0430. The Morgan fingerprint density at radius 3 is 3.00 bits per heavy atom. The zero-order valence-electron chi connectivity index (χ0n) is 6.86. The summed E-state index contributed by atoms with van der Waals surface area (Å²) >= 11 is 0. The van der Waals surface area contributed by atoms with Gasteiger partial charge in [-0.2, -0.15) is 0 Å². The van der Waals surface area contributed by atoms with Crippen LogP contribution in [0.4, 0.5) is 0 Å². The van der Waals surface area contributed by atoms with E-state index in [1.807, 2.05) is 0 Å². The quantitative estimate of drug-likeness (QED) is 0.660. The fourth-order valence-corrected chi connectivity index (χ4v) is 0.810. The van der Waals surface area contributed by atoms with Gasteiger partial charge in [-0.1, -0.05) is 6.07 Å². The number of carbonyl (C=O) groups is 1. The van der Waals surface area contributed by atoms with E-state index in [0.717, 1.165) is 0 Å². The number of aliphatic hydroxyl groups excluding tert-OH is 1. The van der Waals surface area contributed by atoms with Gasteiger partial charge in [-0.15, -0.1) is 0 Å². The molecule has 0 saturated heterocycles. The van der Waals surface area contributed by atoms with Crippen molar-refractivity contribution in [3.05, 3.63) is 29.8 Å². The molecule has 4 nitrogen and oxygen atoms in total. The van der Waals surface area contributed by atoms with Gasteiger partial charge in [0.25, 0.3) is 0 Å². The second-order valence-electron chi connectivity index (χ2n) is 2.30. The number of rotatable bonds is 3. The molecule has 0 aliphatic rings. The van der Waals surface area contributed by atoms with Crippen molar-refractivity contribution >= 4 is 5.97 Å². The lowest BCUT2D eigenvalue weighted by atomic mass is 10.2. The fraction of sp³-hybridized carbons (Fsp3) is 0.222. The number of hydrogen-bond acceptors (Lipinski definition) is 4. The van der Waals surface area contributed by atoms with Crippen molar-refractivity contribution < 1.29 is 19.7 Å². The van der Waals surface area contributed by atoms with E-state index in [1.54, 1.807) is 0 Å². The largest absolute Gasteiger partial charge is 0.507 e. The molecule has 1 aromatic rings. The first kappa shape index (κ1) is 9.54. The summed E-state index contributed by atoms with van der Waals surface area (Å²) in [6.45, 7) is -0.303. The smallest absolute Gasteiger partial charge is 0.341 e. The Kier molecular flexibility index (Phi) is 3.28. The number of aliphatic hydroxyl groups is 1. The molecular formula is C9H9O4. The van der Waals surface area contributed by atoms with Crippen LogP contribution in [0.3, 0.4) is 0 Å². The van der Waals surface area contributed by atoms with Gasteiger partial charge in [-0.3, -0.25) is 0 Å². The molecule has 1 aromatic carbocycles. The third-order valence-electron chi connectivity index (χ3n) is 1.39. The van der Waals surface area contributed by atoms with Crippen LogP contribution in [-0.4, -0.2) is 29.4 Å². The van der Waals surface area contributed by atoms with Crippen molar-refractivity contribution in [3.8, 4) is 5.75 Å². The SMILES string of the molecule is O=C(OCCO)c1cc[c]cc1O. The first-order valence-corrected chi connectivity index (χ1v) is 3.72. The molecule has 0 heterocycles. The highest BCUT2D eigenvalue weighted by atomic mass is 16.5. The molecule has 0 atom stereocenters. The summed E-state index contributed by atoms with van der Waals surface area (Å²) in [5.74, 6) is -0.828. The summed E-state index contributed by atoms with van der Waals surface area (Å²) in [6, 6.07) is 6.77. The van der Waals surface area contributed by atoms with Gasteiger partial charge in [-0.25, -0.2) is 4.79 Å². The first-order chi connectivity index (χ1) is 6.25. The van der Waals surface area contributed by atoms with Crippen LogP contribution in [0.15, 0.2) is 18.2 Å². The number of ether oxygens (including phenoxy) is 1. The van der Waals surface area contributed by atoms with Crippen LogP contribution in [0, 0.1) is 6.07 Å². The number of hydrogen-bond donors (Lipinski definition) is 2. The van der Waals surface area contributed by atoms with Gasteiger partial charge in [-0.05, 0) is 18.2 Å². The van der Waals surface area contributed by atoms with Crippen LogP contribution in [0.2, 0.25) is 0 Å². The van der Waals surface area contributed by atoms with Gasteiger partial charge >= 0.3 is 5.97 Å². The second-order valence-corrected chi connectivity index (χ2v) is 2.30. The lowest BCUT2D eigenvalue weighted by Crippen LogP contribution is -2.08. The maximum absolute atomic E-state index is 11.1. The molecule has 0 unspecified atom stereocenters. The zero-order valence-corrected chi connectivity index (χ0v) is 6.86. The van der Waals surface area contributed by atoms with Gasteiger partial charge in [0.15, 0.2) is 0 Å². The highest BCUT2D eigenvalue weighted by molar-refractivity contribution is 5.92. The third kappa shape index (κ3) is 2.45. The number of benzene rings is 1. The summed E-state index contributed by atoms with van der Waals surface area (Å²) in [5.41, 5.74) is 0.0761. The van der Waals surface area contributed by atoms with Gasteiger partial charge in [0.2, 0.25) is 0 Å². The highest BCUT2D eigenvalue weighted by Crippen LogP contribution is 2.15. The molecule has 1 radical (unpaired) electrons. The van der Waals surface area contributed by atoms with E-state index in [9.17, 15) is 9.90 Å². The number of phenols is 1. The molecule has 1 rings (SSSR count). The normalized spacial score (nSPS) is 9.62. The third-order valence-corrected chi connectivity index (χ3v) is 1.39. The molecule has 0 aromatic heterocycles. The Bertz CT molecular complexity index is 295. The van der Waals surface area contributed by atoms with Crippen molar-refractivity contribution in [2.75, 3.05) is 13.2 Å². The molecule has 0 saturated carbocycles. The molecule has 0 aliphatic carbocycles. The molecular weight excluding hydrogens is 172 g/mol. The predicted molar refractivity (Wildman–Crippen MR) is 44.3 cm³/mol. The van der Waals surface area contributed by atoms with Crippen molar-refractivity contribution in [2.24, 2.45) is 0 Å². The predicted octanol–water partition coefficient (Wildman–Crippen LogP) is 0.341. The molecule has 0 fully saturated rings. The van der Waals surface area contributed by atoms with Crippen molar-refractivity contribution in [1.82, 2.24) is 0 Å². The summed E-state index contributed by atoms with van der Waals surface area (Å²) < 4.78 is 4.60. The van der Waals surface area contributed by atoms with Crippen molar-refractivity contribution in [2.45, 2.75) is 0 Å². The van der Waals surface area contributed by atoms with E-state index >= 15 is 0 Å². The van der Waals surface area contributed by atoms with Crippen LogP contribution in [-0.2, 0) is 4.74 Å². The monoisotopic (exact) mass is 181 g/mol. The van der Waals surface area contributed by atoms with Crippen molar-refractivity contribution in [3.63, 3.8) is 0 Å². The van der Waals surface area contributed by atoms with E-state index in [1.165, 1.54) is 18.2 Å². The van der Waals surface area contributed by atoms with Crippen molar-refractivity contribution in [1.29, 1.82) is 0 Å². The van der Waals surface area contributed by atoms with E-state index < -0.39 is 5.97 Å². The van der Waals surface area contributed by atoms with E-state index in [4.69, 9.17) is 5.11 Å². The number of carbonyl (C=O) groups excluding carboxylic acids is 1. The Hall–Kier alpha value is -1.55. The number of phenolic OH excluding ortho intramolecular Hbond substituents is 1. The van der Waals surface area contributed by atoms with E-state index in [2.05, 4.69) is 10.8 Å². The number of aromatic hydroxyl groups is 1. The van der Waals surface area contributed by atoms with Gasteiger partial charge < -0.3 is 14.9 Å². The molecule has 0 spiro atoms. The summed E-state index contributed by atoms with van der Waals surface area (Å²) in [4.78, 5) is 11.1. The van der Waals surface area contributed by atoms with Crippen LogP contribution in [0.1, 0.15) is 10.4 Å². The molecule has 4 heteroatoms. The number of esters is 1. The summed E-state index contributed by atoms with van der Waals surface area (Å²) in [5, 5.41) is 17.6. The molecule has 69 valence electrons. The zero-order chi connectivity index (χ0) is 9.68. The summed E-state index contributed by atoms with van der Waals surface area (Å²) in [6.07, 6.45) is 0. The highest BCUT2D eigenvalue weighted by Gasteiger charge is 2.10. The maximum Gasteiger partial charge on any atom is 0.341 e. The van der Waals surface area contributed by atoms with Crippen LogP contribution < -0.4 is 0 Å². The van der Waals surface area contributed by atoms with Gasteiger partial charge in [0.05, 0.1) is 6.61 Å². The fourth-order valence-electron chi connectivity index (χ4n) is 0.810. The van der Waals surface area contributed by atoms with Gasteiger partial charge in [0.1, 0.15) is 17.9 Å². The van der Waals surface area contributed by atoms with E-state index in [-0.39, 0.29) is 24.5 Å². The molecule has 0 bridgehead atoms. The molecule has 2 N–H and O–H groups in total. The average molecular weight is 181 g/mol. The maximum atomic E-state index is 11.1. The summed E-state index contributed by atoms with van der Waals surface area (Å²) in [7, 11) is 0. The second kappa shape index (κ2) is 4.47. The topological polar surface area (TPSA) is 66.8 Å². The minimum absolute atomic E-state index is 0.0725. The Morgan fingerprint density at radius 1 is 1.62 bits per heavy atom. The lowest BCUT2D eigenvalue weighted by Gasteiger charge is -2.03. The Morgan fingerprint density at radius 2 is 2.38 bits per heavy atom. The van der Waals surface area contributed by atoms with Crippen LogP contribution >= 0.6 is 0 Å². The molecule has 13 heavy (non-hydrogen) atoms. The van der Waals surface area contributed by atoms with E-state index in [0.29, 0.717) is 0 Å². The van der Waals surface area contributed by atoms with Crippen LogP contribution in [0.25, 0.3) is 0 Å². The van der Waals surface area contributed by atoms with Crippen LogP contribution in [0.5, 0.6) is 5.75 Å². The standard InChI is InChI=1S/C9H9O4/c10-5-6-13-9(12)7-3-1-2-4-8(7)11/h1,3-4,10-11H,5-6H2. The minimum Gasteiger partial charge on any atom is -0.507 e. The molecule has 0 amide bonds. The first-order valence-electron chi connectivity index (χ1n) is 3.72. The Labute approximate surface area is 75.4 Å². The Balaban J connectivity index is 2.71. The molecule has 0 aliphatic heterocycles. The van der Waals surface area contributed by atoms with Gasteiger partial charge in [0, 0.05) is 0 Å².